The number of methoxy groups -OCH3 is 1. The third-order valence-corrected chi connectivity index (χ3v) is 7.13. The molecule has 0 unspecified atom stereocenters. The third kappa shape index (κ3) is 5.14. The Bertz CT molecular complexity index is 1440. The van der Waals surface area contributed by atoms with Crippen molar-refractivity contribution in [3.8, 4) is 17.0 Å². The lowest BCUT2D eigenvalue weighted by atomic mass is 10.0. The molecule has 5 N–H and O–H groups in total. The highest BCUT2D eigenvalue weighted by molar-refractivity contribution is 6.03. The van der Waals surface area contributed by atoms with E-state index in [-0.39, 0.29) is 47.6 Å². The number of nitrogens with zero attached hydrogens (tertiary/aromatic N) is 3. The number of carbonyl (C=O) groups excluding carboxylic acids is 3. The molecule has 12 heteroatoms. The fourth-order valence-electron chi connectivity index (χ4n) is 4.88. The zero-order chi connectivity index (χ0) is 27.8. The number of nitrogens with two attached hydrogens (primary N) is 2. The number of nitrogen functional groups attached to an aromatic ring is 1. The summed E-state index contributed by atoms with van der Waals surface area (Å²) < 4.78 is 33.6. The molecule has 2 heterocycles. The Labute approximate surface area is 222 Å². The Hall–Kier alpha value is -4.48. The molecule has 1 saturated heterocycles. The van der Waals surface area contributed by atoms with Crippen LogP contribution in [0.25, 0.3) is 11.3 Å². The molecule has 1 saturated carbocycles. The van der Waals surface area contributed by atoms with E-state index < -0.39 is 29.7 Å². The third-order valence-electron chi connectivity index (χ3n) is 7.13. The van der Waals surface area contributed by atoms with Crippen molar-refractivity contribution in [1.82, 2.24) is 20.0 Å². The van der Waals surface area contributed by atoms with Gasteiger partial charge in [-0.15, -0.1) is 0 Å². The highest BCUT2D eigenvalue weighted by Gasteiger charge is 2.47. The molecule has 3 atom stereocenters. The van der Waals surface area contributed by atoms with Gasteiger partial charge >= 0.3 is 0 Å². The Morgan fingerprint density at radius 1 is 1.18 bits per heavy atom. The van der Waals surface area contributed by atoms with Crippen LogP contribution >= 0.6 is 0 Å². The van der Waals surface area contributed by atoms with Crippen LogP contribution in [-0.4, -0.2) is 58.8 Å². The predicted molar refractivity (Wildman–Crippen MR) is 138 cm³/mol. The summed E-state index contributed by atoms with van der Waals surface area (Å²) >= 11 is 0. The summed E-state index contributed by atoms with van der Waals surface area (Å²) in [5.41, 5.74) is 13.7. The minimum atomic E-state index is -1.07. The number of anilines is 1. The van der Waals surface area contributed by atoms with E-state index >= 15 is 0 Å². The minimum absolute atomic E-state index is 0.0741. The van der Waals surface area contributed by atoms with Crippen molar-refractivity contribution in [2.24, 2.45) is 11.7 Å². The van der Waals surface area contributed by atoms with Crippen LogP contribution in [-0.2, 0) is 11.3 Å². The Morgan fingerprint density at radius 3 is 2.54 bits per heavy atom. The first-order valence-corrected chi connectivity index (χ1v) is 12.5. The van der Waals surface area contributed by atoms with Crippen molar-refractivity contribution in [3.63, 3.8) is 0 Å². The van der Waals surface area contributed by atoms with Gasteiger partial charge in [0.15, 0.2) is 0 Å². The molecule has 1 aliphatic heterocycles. The maximum Gasteiger partial charge on any atom is 0.255 e. The summed E-state index contributed by atoms with van der Waals surface area (Å²) in [6.07, 6.45) is -0.244. The number of carbonyl (C=O) groups is 3. The van der Waals surface area contributed by atoms with E-state index in [1.54, 1.807) is 29.2 Å². The number of hydrogen-bond acceptors (Lipinski definition) is 6. The fraction of sp³-hybridized carbons (Fsp3) is 0.333. The maximum atomic E-state index is 13.6. The van der Waals surface area contributed by atoms with Crippen molar-refractivity contribution >= 4 is 23.5 Å². The molecular formula is C27H28F2N6O4. The normalized spacial score (nSPS) is 20.1. The molecule has 2 fully saturated rings. The van der Waals surface area contributed by atoms with Crippen LogP contribution in [0.1, 0.15) is 45.2 Å². The monoisotopic (exact) mass is 538 g/mol. The van der Waals surface area contributed by atoms with Gasteiger partial charge in [0.25, 0.3) is 11.8 Å². The van der Waals surface area contributed by atoms with Gasteiger partial charge in [-0.25, -0.2) is 13.5 Å². The summed E-state index contributed by atoms with van der Waals surface area (Å²) in [6.45, 7) is 0.931. The van der Waals surface area contributed by atoms with Gasteiger partial charge < -0.3 is 26.4 Å². The van der Waals surface area contributed by atoms with E-state index in [9.17, 15) is 23.2 Å². The lowest BCUT2D eigenvalue weighted by Gasteiger charge is -2.17. The molecule has 3 aromatic rings. The van der Waals surface area contributed by atoms with Crippen LogP contribution in [0.2, 0.25) is 0 Å². The van der Waals surface area contributed by atoms with Gasteiger partial charge in [-0.3, -0.25) is 14.4 Å². The van der Waals surface area contributed by atoms with E-state index in [0.29, 0.717) is 30.8 Å². The highest BCUT2D eigenvalue weighted by atomic mass is 19.1. The molecule has 39 heavy (non-hydrogen) atoms. The molecule has 5 rings (SSSR count). The van der Waals surface area contributed by atoms with Crippen molar-refractivity contribution in [3.05, 3.63) is 65.0 Å². The number of benzene rings is 2. The molecule has 0 bridgehead atoms. The van der Waals surface area contributed by atoms with Gasteiger partial charge in [-0.05, 0) is 36.6 Å². The quantitative estimate of drug-likeness (QED) is 0.402. The lowest BCUT2D eigenvalue weighted by molar-refractivity contribution is -0.132. The minimum Gasteiger partial charge on any atom is -0.496 e. The van der Waals surface area contributed by atoms with Crippen LogP contribution in [0.3, 0.4) is 0 Å². The van der Waals surface area contributed by atoms with E-state index in [1.165, 1.54) is 23.9 Å². The van der Waals surface area contributed by atoms with Crippen molar-refractivity contribution < 1.29 is 27.9 Å². The highest BCUT2D eigenvalue weighted by Crippen LogP contribution is 2.38. The maximum absolute atomic E-state index is 13.6. The van der Waals surface area contributed by atoms with Crippen LogP contribution in [0, 0.1) is 11.7 Å². The summed E-state index contributed by atoms with van der Waals surface area (Å²) in [6, 6.07) is 10.4. The van der Waals surface area contributed by atoms with Gasteiger partial charge in [-0.1, -0.05) is 24.3 Å². The van der Waals surface area contributed by atoms with Crippen LogP contribution in [0.5, 0.6) is 5.75 Å². The number of aromatic nitrogens is 2. The second-order valence-electron chi connectivity index (χ2n) is 9.73. The van der Waals surface area contributed by atoms with Crippen molar-refractivity contribution in [2.45, 2.75) is 31.6 Å². The first-order chi connectivity index (χ1) is 18.7. The standard InChI is InChI=1S/C27H28F2N6O4/c1-39-21-7-6-16(28)10-19(21)26(37)32-12-14-2-4-15(5-3-14)23-22(25(31)36)24(30)35(33-23)17-8-9-34(13-17)27(38)18-11-20(18)29/h2-7,10,17-18,20H,8-9,11-13,30H2,1H3,(H2,31,36)(H,32,37)/t17-,18-,20+/m0/s1. The van der Waals surface area contributed by atoms with Crippen molar-refractivity contribution in [1.29, 1.82) is 0 Å². The second-order valence-corrected chi connectivity index (χ2v) is 9.73. The number of hydrogen-bond donors (Lipinski definition) is 3. The molecule has 0 radical (unpaired) electrons. The molecule has 3 amide bonds. The van der Waals surface area contributed by atoms with Gasteiger partial charge in [0, 0.05) is 25.2 Å². The van der Waals surface area contributed by atoms with E-state index in [2.05, 4.69) is 10.4 Å². The summed E-state index contributed by atoms with van der Waals surface area (Å²) in [7, 11) is 1.40. The van der Waals surface area contributed by atoms with E-state index in [4.69, 9.17) is 16.2 Å². The number of amides is 3. The number of likely N-dealkylation sites (tertiary alicyclic amines) is 1. The molecule has 0 spiro atoms. The largest absolute Gasteiger partial charge is 0.496 e. The van der Waals surface area contributed by atoms with Gasteiger partial charge in [0.05, 0.1) is 24.6 Å². The SMILES string of the molecule is COc1ccc(F)cc1C(=O)NCc1ccc(-c2nn([C@H]3CCN(C(=O)[C@H]4C[C@H]4F)C3)c(N)c2C(N)=O)cc1. The number of alkyl halides is 1. The molecule has 204 valence electrons. The molecular weight excluding hydrogens is 510 g/mol. The number of nitrogens with one attached hydrogen (secondary N) is 1. The average molecular weight is 539 g/mol. The number of ether oxygens (including phenoxy) is 1. The lowest BCUT2D eigenvalue weighted by Crippen LogP contribution is -2.31. The summed E-state index contributed by atoms with van der Waals surface area (Å²) in [4.78, 5) is 38.9. The topological polar surface area (TPSA) is 146 Å². The Morgan fingerprint density at radius 2 is 1.90 bits per heavy atom. The number of rotatable bonds is 8. The van der Waals surface area contributed by atoms with Gasteiger partial charge in [-0.2, -0.15) is 5.10 Å². The van der Waals surface area contributed by atoms with Crippen molar-refractivity contribution in [2.75, 3.05) is 25.9 Å². The van der Waals surface area contributed by atoms with Crippen LogP contribution in [0.4, 0.5) is 14.6 Å². The first-order valence-electron chi connectivity index (χ1n) is 12.5. The molecule has 2 aliphatic rings. The number of halogens is 2. The molecule has 10 nitrogen and oxygen atoms in total. The zero-order valence-electron chi connectivity index (χ0n) is 21.2. The summed E-state index contributed by atoms with van der Waals surface area (Å²) in [5.74, 6) is -2.19. The summed E-state index contributed by atoms with van der Waals surface area (Å²) in [5, 5.41) is 7.31. The number of primary amides is 1. The Kier molecular flexibility index (Phi) is 6.94. The van der Waals surface area contributed by atoms with Crippen LogP contribution < -0.4 is 21.5 Å². The molecule has 1 aliphatic carbocycles. The van der Waals surface area contributed by atoms with E-state index in [0.717, 1.165) is 11.6 Å². The Balaban J connectivity index is 1.31. The van der Waals surface area contributed by atoms with Gasteiger partial charge in [0.1, 0.15) is 34.8 Å². The predicted octanol–water partition coefficient (Wildman–Crippen LogP) is 2.44. The molecule has 1 aromatic heterocycles. The van der Waals surface area contributed by atoms with Crippen LogP contribution in [0.15, 0.2) is 42.5 Å². The first kappa shape index (κ1) is 26.1. The second kappa shape index (κ2) is 10.4. The van der Waals surface area contributed by atoms with E-state index in [1.807, 2.05) is 0 Å². The molecule has 2 aromatic carbocycles. The smallest absolute Gasteiger partial charge is 0.255 e. The average Bonchev–Trinajstić information content (AvgIpc) is 3.30. The fourth-order valence-corrected chi connectivity index (χ4v) is 4.88. The zero-order valence-corrected chi connectivity index (χ0v) is 21.2. The van der Waals surface area contributed by atoms with Gasteiger partial charge in [0.2, 0.25) is 5.91 Å².